The van der Waals surface area contributed by atoms with Crippen LogP contribution in [0.4, 0.5) is 4.39 Å². The normalized spacial score (nSPS) is 14.9. The van der Waals surface area contributed by atoms with Gasteiger partial charge in [-0.25, -0.2) is 19.2 Å². The van der Waals surface area contributed by atoms with Crippen LogP contribution in [0.1, 0.15) is 33.7 Å². The van der Waals surface area contributed by atoms with E-state index in [0.717, 1.165) is 53.3 Å². The average Bonchev–Trinajstić information content (AvgIpc) is 3.61. The van der Waals surface area contributed by atoms with E-state index >= 15 is 0 Å². The van der Waals surface area contributed by atoms with Crippen LogP contribution in [-0.4, -0.2) is 38.8 Å². The molecule has 1 unspecified atom stereocenters. The molecule has 0 amide bonds. The second-order valence-electron chi connectivity index (χ2n) is 10.1. The van der Waals surface area contributed by atoms with Crippen LogP contribution in [0.3, 0.4) is 0 Å². The van der Waals surface area contributed by atoms with Crippen molar-refractivity contribution in [1.82, 2.24) is 14.5 Å². The first kappa shape index (κ1) is 26.9. The number of ether oxygens (including phenoxy) is 2. The van der Waals surface area contributed by atoms with Crippen LogP contribution in [0.2, 0.25) is 5.02 Å². The average molecular weight is 572 g/mol. The van der Waals surface area contributed by atoms with E-state index in [1.807, 2.05) is 36.4 Å². The zero-order valence-corrected chi connectivity index (χ0v) is 22.9. The Morgan fingerprint density at radius 1 is 1.07 bits per heavy atom. The Balaban J connectivity index is 1.21. The van der Waals surface area contributed by atoms with Crippen LogP contribution in [0.15, 0.2) is 78.9 Å². The third kappa shape index (κ3) is 6.09. The van der Waals surface area contributed by atoms with Gasteiger partial charge in [-0.3, -0.25) is 0 Å². The number of nitrogens with zero attached hydrogens (tertiary/aromatic N) is 3. The molecule has 41 heavy (non-hydrogen) atoms. The van der Waals surface area contributed by atoms with Gasteiger partial charge in [-0.2, -0.15) is 0 Å². The van der Waals surface area contributed by atoms with Gasteiger partial charge in [0.15, 0.2) is 0 Å². The molecule has 1 fully saturated rings. The first-order chi connectivity index (χ1) is 19.9. The topological polar surface area (TPSA) is 86.5 Å². The molecule has 0 saturated carbocycles. The number of hydrogen-bond donors (Lipinski definition) is 1. The summed E-state index contributed by atoms with van der Waals surface area (Å²) in [6.07, 6.45) is 1.56. The van der Waals surface area contributed by atoms with Gasteiger partial charge in [0, 0.05) is 47.7 Å². The highest BCUT2D eigenvalue weighted by atomic mass is 35.5. The summed E-state index contributed by atoms with van der Waals surface area (Å²) in [7, 11) is 0. The molecule has 1 aliphatic heterocycles. The predicted molar refractivity (Wildman–Crippen MR) is 154 cm³/mol. The summed E-state index contributed by atoms with van der Waals surface area (Å²) < 4.78 is 27.6. The van der Waals surface area contributed by atoms with Crippen LogP contribution < -0.4 is 4.74 Å². The lowest BCUT2D eigenvalue weighted by Gasteiger charge is -2.14. The van der Waals surface area contributed by atoms with E-state index in [2.05, 4.69) is 9.55 Å². The van der Waals surface area contributed by atoms with Gasteiger partial charge in [-0.15, -0.1) is 0 Å². The Hall–Kier alpha value is -4.27. The second kappa shape index (κ2) is 11.7. The summed E-state index contributed by atoms with van der Waals surface area (Å²) >= 11 is 5.83. The molecule has 0 radical (unpaired) electrons. The minimum absolute atomic E-state index is 0.0420. The number of halogens is 2. The molecule has 7 nitrogen and oxygen atoms in total. The lowest BCUT2D eigenvalue weighted by molar-refractivity contribution is 0.0697. The summed E-state index contributed by atoms with van der Waals surface area (Å²) in [5.41, 5.74) is 4.96. The molecule has 1 aliphatic rings. The van der Waals surface area contributed by atoms with E-state index in [4.69, 9.17) is 26.1 Å². The van der Waals surface area contributed by atoms with Crippen LogP contribution in [-0.2, 0) is 24.3 Å². The molecular weight excluding hydrogens is 545 g/mol. The molecule has 1 atom stereocenters. The molecule has 0 bridgehead atoms. The van der Waals surface area contributed by atoms with Crippen molar-refractivity contribution in [3.8, 4) is 17.1 Å². The highest BCUT2D eigenvalue weighted by Gasteiger charge is 2.21. The molecule has 2 aromatic heterocycles. The van der Waals surface area contributed by atoms with E-state index in [0.29, 0.717) is 35.4 Å². The van der Waals surface area contributed by atoms with E-state index < -0.39 is 11.8 Å². The third-order valence-corrected chi connectivity index (χ3v) is 7.50. The van der Waals surface area contributed by atoms with Crippen LogP contribution in [0.25, 0.3) is 22.3 Å². The summed E-state index contributed by atoms with van der Waals surface area (Å²) in [5.74, 6) is 0.257. The standard InChI is InChI=1S/C32H27ClFN3O4/c33-25-10-8-24(26(34)16-25)19-41-31-3-1-2-27(36-31)22-6-4-20(5-7-22)14-30-35-28-11-9-23(32(38)39)15-29(28)37(30)17-21-12-13-40-18-21/h1-11,15-16,21H,12-14,17-19H2,(H,38,39). The number of carboxylic acid groups (broad SMARTS) is 1. The number of carboxylic acids is 1. The maximum absolute atomic E-state index is 14.1. The minimum atomic E-state index is -0.957. The molecule has 3 aromatic carbocycles. The molecule has 9 heteroatoms. The smallest absolute Gasteiger partial charge is 0.335 e. The van der Waals surface area contributed by atoms with Gasteiger partial charge in [0.2, 0.25) is 5.88 Å². The van der Waals surface area contributed by atoms with Gasteiger partial charge in [0.1, 0.15) is 18.2 Å². The van der Waals surface area contributed by atoms with E-state index in [1.54, 1.807) is 36.4 Å². The Kier molecular flexibility index (Phi) is 7.67. The Morgan fingerprint density at radius 3 is 2.68 bits per heavy atom. The van der Waals surface area contributed by atoms with Crippen molar-refractivity contribution in [2.45, 2.75) is 26.0 Å². The highest BCUT2D eigenvalue weighted by molar-refractivity contribution is 6.30. The first-order valence-corrected chi connectivity index (χ1v) is 13.7. The number of pyridine rings is 1. The van der Waals surface area contributed by atoms with Gasteiger partial charge in [-0.05, 0) is 48.4 Å². The van der Waals surface area contributed by atoms with Crippen molar-refractivity contribution in [2.75, 3.05) is 13.2 Å². The van der Waals surface area contributed by atoms with Crippen molar-refractivity contribution in [3.05, 3.63) is 112 Å². The highest BCUT2D eigenvalue weighted by Crippen LogP contribution is 2.26. The lowest BCUT2D eigenvalue weighted by Crippen LogP contribution is -2.14. The SMILES string of the molecule is O=C(O)c1ccc2nc(Cc3ccc(-c4cccc(OCc5ccc(Cl)cc5F)n4)cc3)n(CC3CCOC3)c2c1. The third-order valence-electron chi connectivity index (χ3n) is 7.27. The minimum Gasteiger partial charge on any atom is -0.478 e. The Morgan fingerprint density at radius 2 is 1.93 bits per heavy atom. The molecule has 208 valence electrons. The monoisotopic (exact) mass is 571 g/mol. The maximum Gasteiger partial charge on any atom is 0.335 e. The van der Waals surface area contributed by atoms with Gasteiger partial charge in [-0.1, -0.05) is 48.0 Å². The van der Waals surface area contributed by atoms with Crippen molar-refractivity contribution in [1.29, 1.82) is 0 Å². The molecule has 0 spiro atoms. The fourth-order valence-electron chi connectivity index (χ4n) is 5.05. The lowest BCUT2D eigenvalue weighted by atomic mass is 10.1. The van der Waals surface area contributed by atoms with Crippen molar-refractivity contribution < 1.29 is 23.8 Å². The molecule has 6 rings (SSSR count). The van der Waals surface area contributed by atoms with Crippen molar-refractivity contribution in [2.24, 2.45) is 5.92 Å². The zero-order valence-electron chi connectivity index (χ0n) is 22.1. The summed E-state index contributed by atoms with van der Waals surface area (Å²) in [6.45, 7) is 2.20. The Labute approximate surface area is 241 Å². The molecule has 5 aromatic rings. The number of carbonyl (C=O) groups is 1. The number of hydrogen-bond acceptors (Lipinski definition) is 5. The van der Waals surface area contributed by atoms with Gasteiger partial charge in [0.25, 0.3) is 0 Å². The fraction of sp³-hybridized carbons (Fsp3) is 0.219. The predicted octanol–water partition coefficient (Wildman–Crippen LogP) is 6.80. The van der Waals surface area contributed by atoms with Crippen LogP contribution in [0.5, 0.6) is 5.88 Å². The van der Waals surface area contributed by atoms with Crippen LogP contribution in [0, 0.1) is 11.7 Å². The van der Waals surface area contributed by atoms with Gasteiger partial charge >= 0.3 is 5.97 Å². The Bertz CT molecular complexity index is 1710. The van der Waals surface area contributed by atoms with Gasteiger partial charge in [0.05, 0.1) is 28.9 Å². The molecule has 1 saturated heterocycles. The largest absolute Gasteiger partial charge is 0.478 e. The van der Waals surface area contributed by atoms with E-state index in [9.17, 15) is 14.3 Å². The molecule has 0 aliphatic carbocycles. The summed E-state index contributed by atoms with van der Waals surface area (Å²) in [4.78, 5) is 21.1. The number of imidazole rings is 1. The van der Waals surface area contributed by atoms with Crippen LogP contribution >= 0.6 is 11.6 Å². The van der Waals surface area contributed by atoms with Gasteiger partial charge < -0.3 is 19.1 Å². The molecule has 1 N–H and O–H groups in total. The van der Waals surface area contributed by atoms with Crippen molar-refractivity contribution >= 4 is 28.6 Å². The zero-order chi connectivity index (χ0) is 28.3. The second-order valence-corrected chi connectivity index (χ2v) is 10.6. The number of aromatic nitrogens is 3. The van der Waals surface area contributed by atoms with E-state index in [-0.39, 0.29) is 12.2 Å². The molecular formula is C32H27ClFN3O4. The quantitative estimate of drug-likeness (QED) is 0.209. The first-order valence-electron chi connectivity index (χ1n) is 13.4. The number of rotatable bonds is 9. The molecule has 3 heterocycles. The van der Waals surface area contributed by atoms with E-state index in [1.165, 1.54) is 6.07 Å². The number of fused-ring (bicyclic) bond motifs is 1. The maximum atomic E-state index is 14.1. The number of benzene rings is 3. The fourth-order valence-corrected chi connectivity index (χ4v) is 5.21. The number of aromatic carboxylic acids is 1. The van der Waals surface area contributed by atoms with Crippen molar-refractivity contribution in [3.63, 3.8) is 0 Å². The summed E-state index contributed by atoms with van der Waals surface area (Å²) in [6, 6.07) is 23.1. The summed E-state index contributed by atoms with van der Waals surface area (Å²) in [5, 5.41) is 9.85.